The minimum atomic E-state index is -2.74. The zero-order valence-corrected chi connectivity index (χ0v) is 11.2. The first-order chi connectivity index (χ1) is 5.78. The van der Waals surface area contributed by atoms with E-state index in [-0.39, 0.29) is 75.8 Å². The fourth-order valence-corrected chi connectivity index (χ4v) is 0.714. The summed E-state index contributed by atoms with van der Waals surface area (Å²) in [6.45, 7) is 0. The molecule has 0 aromatic heterocycles. The van der Waals surface area contributed by atoms with Gasteiger partial charge in [-0.15, -0.1) is 0 Å². The van der Waals surface area contributed by atoms with Gasteiger partial charge in [0.2, 0.25) is 0 Å². The summed E-state index contributed by atoms with van der Waals surface area (Å²) in [7, 11) is 0. The van der Waals surface area contributed by atoms with E-state index in [1.807, 2.05) is 0 Å². The van der Waals surface area contributed by atoms with Crippen molar-refractivity contribution < 1.29 is 34.8 Å². The van der Waals surface area contributed by atoms with Gasteiger partial charge in [0.05, 0.1) is 12.8 Å². The quantitative estimate of drug-likeness (QED) is 0.384. The van der Waals surface area contributed by atoms with Crippen LogP contribution in [0.2, 0.25) is 0 Å². The van der Waals surface area contributed by atoms with Gasteiger partial charge >= 0.3 is 93.7 Å². The molecule has 84 valence electrons. The van der Waals surface area contributed by atoms with Crippen LogP contribution in [-0.2, 0) is 14.4 Å². The van der Waals surface area contributed by atoms with E-state index in [0.717, 1.165) is 0 Å². The third-order valence-corrected chi connectivity index (χ3v) is 1.29. The molecule has 0 aliphatic heterocycles. The molecule has 0 saturated heterocycles. The van der Waals surface area contributed by atoms with Crippen molar-refractivity contribution in [1.82, 2.24) is 0 Å². The number of rotatable bonds is 5. The van der Waals surface area contributed by atoms with Crippen molar-refractivity contribution >= 4 is 93.7 Å². The maximum absolute atomic E-state index is 10.3. The predicted molar refractivity (Wildman–Crippen MR) is 54.2 cm³/mol. The molecule has 4 N–H and O–H groups in total. The number of hydrogen-bond donors (Lipinski definition) is 4. The number of carbonyl (C=O) groups is 3. The third-order valence-electron chi connectivity index (χ3n) is 1.29. The summed E-state index contributed by atoms with van der Waals surface area (Å²) in [5.74, 6) is -5.02. The molecule has 0 aromatic rings. The van der Waals surface area contributed by atoms with Gasteiger partial charge in [0.25, 0.3) is 0 Å². The molecule has 7 nitrogen and oxygen atoms in total. The molecule has 0 aromatic carbocycles. The van der Waals surface area contributed by atoms with Crippen molar-refractivity contribution in [3.63, 3.8) is 0 Å². The van der Waals surface area contributed by atoms with E-state index < -0.39 is 36.4 Å². The molecule has 0 amide bonds. The fourth-order valence-electron chi connectivity index (χ4n) is 0.714. The molecule has 0 heterocycles. The summed E-state index contributed by atoms with van der Waals surface area (Å²) in [5.41, 5.74) is -2.74. The van der Waals surface area contributed by atoms with Crippen molar-refractivity contribution in [3.05, 3.63) is 0 Å². The zero-order valence-electron chi connectivity index (χ0n) is 7.13. The molecule has 0 unspecified atom stereocenters. The number of carboxylic acid groups (broad SMARTS) is 3. The Morgan fingerprint density at radius 1 is 0.933 bits per heavy atom. The van der Waals surface area contributed by atoms with Crippen molar-refractivity contribution in [2.24, 2.45) is 0 Å². The van der Waals surface area contributed by atoms with Crippen LogP contribution in [0.4, 0.5) is 0 Å². The predicted octanol–water partition coefficient (Wildman–Crippen LogP) is -3.08. The van der Waals surface area contributed by atoms with Gasteiger partial charge in [-0.25, -0.2) is 4.79 Å². The topological polar surface area (TPSA) is 132 Å². The Balaban J connectivity index is -0.000000720. The SMILES string of the molecule is O=C(O)CC(O)(CC(=O)O)C(=O)O.[KH].[SbH3]. The first kappa shape index (κ1) is 21.1. The van der Waals surface area contributed by atoms with E-state index in [9.17, 15) is 14.4 Å². The molecule has 0 bridgehead atoms. The van der Waals surface area contributed by atoms with Crippen LogP contribution >= 0.6 is 0 Å². The average Bonchev–Trinajstić information content (AvgIpc) is 1.82. The van der Waals surface area contributed by atoms with Gasteiger partial charge in [-0.3, -0.25) is 9.59 Å². The van der Waals surface area contributed by atoms with Gasteiger partial charge in [-0.1, -0.05) is 0 Å². The van der Waals surface area contributed by atoms with Crippen molar-refractivity contribution in [3.8, 4) is 0 Å². The van der Waals surface area contributed by atoms with Gasteiger partial charge in [0.15, 0.2) is 5.60 Å². The van der Waals surface area contributed by atoms with E-state index in [2.05, 4.69) is 0 Å². The van der Waals surface area contributed by atoms with Crippen LogP contribution in [0.25, 0.3) is 0 Å². The Morgan fingerprint density at radius 3 is 1.33 bits per heavy atom. The molecular weight excluding hydrogens is 345 g/mol. The van der Waals surface area contributed by atoms with Gasteiger partial charge in [-0.05, 0) is 0 Å². The Hall–Kier alpha value is 0.825. The fraction of sp³-hybridized carbons (Fsp3) is 0.500. The molecule has 15 heavy (non-hydrogen) atoms. The molecule has 0 saturated carbocycles. The van der Waals surface area contributed by atoms with Crippen LogP contribution in [0.15, 0.2) is 0 Å². The van der Waals surface area contributed by atoms with Crippen LogP contribution in [0.3, 0.4) is 0 Å². The number of aliphatic hydroxyl groups is 1. The molecule has 0 rings (SSSR count). The summed E-state index contributed by atoms with van der Waals surface area (Å²) in [6, 6.07) is 0. The molecule has 0 aliphatic carbocycles. The Morgan fingerprint density at radius 2 is 1.20 bits per heavy atom. The summed E-state index contributed by atoms with van der Waals surface area (Å²) in [6.07, 6.45) is -2.29. The summed E-state index contributed by atoms with van der Waals surface area (Å²) in [4.78, 5) is 30.5. The minimum absolute atomic E-state index is 0. The first-order valence-corrected chi connectivity index (χ1v) is 3.17. The second-order valence-corrected chi connectivity index (χ2v) is 2.48. The zero-order chi connectivity index (χ0) is 10.6. The van der Waals surface area contributed by atoms with Crippen LogP contribution in [0.5, 0.6) is 0 Å². The van der Waals surface area contributed by atoms with Crippen molar-refractivity contribution in [2.75, 3.05) is 0 Å². The van der Waals surface area contributed by atoms with Gasteiger partial charge in [0.1, 0.15) is 0 Å². The third kappa shape index (κ3) is 8.61. The van der Waals surface area contributed by atoms with Crippen LogP contribution in [0, 0.1) is 0 Å². The second kappa shape index (κ2) is 8.92. The van der Waals surface area contributed by atoms with Crippen LogP contribution < -0.4 is 0 Å². The van der Waals surface area contributed by atoms with Crippen LogP contribution in [0.1, 0.15) is 12.8 Å². The monoisotopic (exact) mass is 356 g/mol. The average molecular weight is 357 g/mol. The van der Waals surface area contributed by atoms with E-state index in [1.165, 1.54) is 0 Å². The van der Waals surface area contributed by atoms with E-state index in [4.69, 9.17) is 20.4 Å². The van der Waals surface area contributed by atoms with Gasteiger partial charge in [-0.2, -0.15) is 0 Å². The van der Waals surface area contributed by atoms with Gasteiger partial charge in [0, 0.05) is 0 Å². The van der Waals surface area contributed by atoms with Crippen LogP contribution in [-0.4, -0.2) is 120 Å². The maximum atomic E-state index is 10.3. The summed E-state index contributed by atoms with van der Waals surface area (Å²) in [5, 5.41) is 33.8. The van der Waals surface area contributed by atoms with E-state index >= 15 is 0 Å². The Bertz CT molecular complexity index is 238. The van der Waals surface area contributed by atoms with Crippen molar-refractivity contribution in [1.29, 1.82) is 0 Å². The first-order valence-electron chi connectivity index (χ1n) is 3.17. The molecule has 0 fully saturated rings. The molecule has 0 radical (unpaired) electrons. The molecular formula is C6H12KO7Sb. The number of hydrogen-bond acceptors (Lipinski definition) is 4. The van der Waals surface area contributed by atoms with Gasteiger partial charge < -0.3 is 20.4 Å². The van der Waals surface area contributed by atoms with E-state index in [1.54, 1.807) is 0 Å². The summed E-state index contributed by atoms with van der Waals surface area (Å²) < 4.78 is 0. The molecule has 0 spiro atoms. The number of carboxylic acids is 3. The van der Waals surface area contributed by atoms with Crippen molar-refractivity contribution in [2.45, 2.75) is 18.4 Å². The normalized spacial score (nSPS) is 9.40. The molecule has 0 aliphatic rings. The summed E-state index contributed by atoms with van der Waals surface area (Å²) >= 11 is 0. The van der Waals surface area contributed by atoms with E-state index in [0.29, 0.717) is 0 Å². The Labute approximate surface area is 145 Å². The second-order valence-electron chi connectivity index (χ2n) is 2.48. The molecule has 0 atom stereocenters. The Kier molecular flexibility index (Phi) is 12.6. The standard InChI is InChI=1S/C6H8O7.K.Sb.4H/c7-3(8)1-6(13,5(11)12)2-4(9)10;;;;;;/h13H,1-2H2,(H,7,8)(H,9,10)(H,11,12);;;;;;. The molecule has 9 heteroatoms. The number of aliphatic carboxylic acids is 3.